The van der Waals surface area contributed by atoms with Crippen LogP contribution in [0.1, 0.15) is 41.0 Å². The van der Waals surface area contributed by atoms with E-state index in [4.69, 9.17) is 18.1 Å². The first-order valence-corrected chi connectivity index (χ1v) is 10.2. The maximum absolute atomic E-state index is 13.1. The van der Waals surface area contributed by atoms with E-state index in [2.05, 4.69) is 0 Å². The van der Waals surface area contributed by atoms with Crippen LogP contribution < -0.4 is 0 Å². The average molecular weight is 328 g/mol. The lowest BCUT2D eigenvalue weighted by atomic mass is 10.5. The van der Waals surface area contributed by atoms with E-state index in [1.54, 1.807) is 27.7 Å². The Kier molecular flexibility index (Phi) is 6.46. The first-order chi connectivity index (χ1) is 9.37. The molecule has 1 atom stereocenters. The molecule has 120 valence electrons. The van der Waals surface area contributed by atoms with E-state index in [9.17, 15) is 9.13 Å². The maximum atomic E-state index is 13.1. The summed E-state index contributed by atoms with van der Waals surface area (Å²) in [6.45, 7) is 9.71. The Labute approximate surface area is 121 Å². The second-order valence-corrected chi connectivity index (χ2v) is 9.62. The predicted octanol–water partition coefficient (Wildman–Crippen LogP) is 4.25. The summed E-state index contributed by atoms with van der Waals surface area (Å²) in [5.74, 6) is -0.0876. The molecule has 1 saturated carbocycles. The summed E-state index contributed by atoms with van der Waals surface area (Å²) in [5.41, 5.74) is 0. The van der Waals surface area contributed by atoms with Gasteiger partial charge in [0.2, 0.25) is 0 Å². The molecule has 1 rings (SSSR count). The largest absolute Gasteiger partial charge is 0.349 e. The molecule has 0 spiro atoms. The van der Waals surface area contributed by atoms with Crippen molar-refractivity contribution in [3.05, 3.63) is 0 Å². The molecule has 0 aromatic carbocycles. The molecule has 0 aromatic rings. The van der Waals surface area contributed by atoms with Gasteiger partial charge in [-0.3, -0.25) is 9.13 Å². The van der Waals surface area contributed by atoms with Gasteiger partial charge in [-0.25, -0.2) is 0 Å². The fourth-order valence-corrected chi connectivity index (χ4v) is 8.88. The Morgan fingerprint density at radius 1 is 0.850 bits per heavy atom. The van der Waals surface area contributed by atoms with Crippen LogP contribution in [0.4, 0.5) is 0 Å². The highest BCUT2D eigenvalue weighted by Crippen LogP contribution is 2.89. The average Bonchev–Trinajstić information content (AvgIpc) is 3.05. The summed E-state index contributed by atoms with van der Waals surface area (Å²) in [6, 6.07) is 0. The lowest BCUT2D eigenvalue weighted by Crippen LogP contribution is -2.21. The van der Waals surface area contributed by atoms with Gasteiger partial charge < -0.3 is 18.1 Å². The monoisotopic (exact) mass is 328 g/mol. The van der Waals surface area contributed by atoms with E-state index in [0.717, 1.165) is 0 Å². The zero-order valence-corrected chi connectivity index (χ0v) is 14.7. The molecule has 0 aromatic heterocycles. The molecule has 0 N–H and O–H groups in total. The maximum Gasteiger partial charge on any atom is 0.349 e. The zero-order valence-electron chi connectivity index (χ0n) is 13.0. The van der Waals surface area contributed by atoms with Gasteiger partial charge in [-0.1, -0.05) is 6.92 Å². The molecule has 8 heteroatoms. The molecule has 0 saturated heterocycles. The van der Waals surface area contributed by atoms with E-state index in [-0.39, 0.29) is 32.3 Å². The van der Waals surface area contributed by atoms with Gasteiger partial charge >= 0.3 is 15.2 Å². The van der Waals surface area contributed by atoms with Crippen LogP contribution in [0.25, 0.3) is 0 Å². The SMILES string of the molecule is CCOP(=O)(OCC)C1(P(=O)(OCC)OCC)CC1C. The van der Waals surface area contributed by atoms with Gasteiger partial charge in [0.1, 0.15) is 0 Å². The molecule has 0 bridgehead atoms. The van der Waals surface area contributed by atoms with Crippen LogP contribution >= 0.6 is 15.2 Å². The van der Waals surface area contributed by atoms with Gasteiger partial charge in [-0.15, -0.1) is 0 Å². The molecular weight excluding hydrogens is 302 g/mol. The normalized spacial score (nSPS) is 21.9. The van der Waals surface area contributed by atoms with Crippen molar-refractivity contribution < 1.29 is 27.2 Å². The van der Waals surface area contributed by atoms with Crippen molar-refractivity contribution in [1.82, 2.24) is 0 Å². The standard InChI is InChI=1S/C12H26O6P2/c1-6-15-19(13,16-7-2)12(10-11(12)5)20(14,17-8-3)18-9-4/h11H,6-10H2,1-5H3. The van der Waals surface area contributed by atoms with E-state index in [0.29, 0.717) is 6.42 Å². The fourth-order valence-electron chi connectivity index (χ4n) is 2.51. The predicted molar refractivity (Wildman–Crippen MR) is 78.2 cm³/mol. The molecule has 1 aliphatic carbocycles. The summed E-state index contributed by atoms with van der Waals surface area (Å²) >= 11 is 0. The molecule has 20 heavy (non-hydrogen) atoms. The van der Waals surface area contributed by atoms with E-state index < -0.39 is 20.1 Å². The third-order valence-electron chi connectivity index (χ3n) is 3.38. The van der Waals surface area contributed by atoms with E-state index in [1.807, 2.05) is 6.92 Å². The summed E-state index contributed by atoms with van der Waals surface area (Å²) in [7, 11) is -7.12. The summed E-state index contributed by atoms with van der Waals surface area (Å²) in [5, 5.41) is 0. The lowest BCUT2D eigenvalue weighted by molar-refractivity contribution is 0.190. The van der Waals surface area contributed by atoms with Gasteiger partial charge in [0.05, 0.1) is 26.4 Å². The molecule has 1 fully saturated rings. The first-order valence-electron chi connectivity index (χ1n) is 7.15. The molecule has 0 heterocycles. The molecule has 0 radical (unpaired) electrons. The quantitative estimate of drug-likeness (QED) is 0.558. The smallest absolute Gasteiger partial charge is 0.308 e. The highest BCUT2D eigenvalue weighted by atomic mass is 31.2. The van der Waals surface area contributed by atoms with Crippen molar-refractivity contribution in [2.24, 2.45) is 5.92 Å². The van der Waals surface area contributed by atoms with Crippen LogP contribution in [0, 0.1) is 5.92 Å². The van der Waals surface area contributed by atoms with Crippen molar-refractivity contribution in [3.8, 4) is 0 Å². The Hall–Kier alpha value is 0.300. The minimum Gasteiger partial charge on any atom is -0.308 e. The Bertz CT molecular complexity index is 361. The van der Waals surface area contributed by atoms with Crippen LogP contribution in [-0.2, 0) is 27.2 Å². The topological polar surface area (TPSA) is 71.1 Å². The molecule has 6 nitrogen and oxygen atoms in total. The molecule has 0 aliphatic heterocycles. The van der Waals surface area contributed by atoms with Crippen molar-refractivity contribution in [2.45, 2.75) is 45.9 Å². The summed E-state index contributed by atoms with van der Waals surface area (Å²) < 4.78 is 47.9. The van der Waals surface area contributed by atoms with Crippen molar-refractivity contribution in [2.75, 3.05) is 26.4 Å². The summed E-state index contributed by atoms with van der Waals surface area (Å²) in [6.07, 6.45) is 0.460. The van der Waals surface area contributed by atoms with Gasteiger partial charge in [-0.2, -0.15) is 0 Å². The lowest BCUT2D eigenvalue weighted by Gasteiger charge is -2.32. The minimum atomic E-state index is -3.56. The second kappa shape index (κ2) is 7.04. The molecule has 1 unspecified atom stereocenters. The second-order valence-electron chi connectivity index (χ2n) is 4.65. The highest BCUT2D eigenvalue weighted by Gasteiger charge is 2.77. The van der Waals surface area contributed by atoms with Gasteiger partial charge in [-0.05, 0) is 40.0 Å². The zero-order chi connectivity index (χ0) is 15.4. The van der Waals surface area contributed by atoms with Gasteiger partial charge in [0.25, 0.3) is 0 Å². The van der Waals surface area contributed by atoms with E-state index in [1.165, 1.54) is 0 Å². The van der Waals surface area contributed by atoms with Crippen LogP contribution in [0.2, 0.25) is 0 Å². The van der Waals surface area contributed by atoms with Crippen LogP contribution in [0.3, 0.4) is 0 Å². The van der Waals surface area contributed by atoms with Crippen molar-refractivity contribution in [3.63, 3.8) is 0 Å². The third kappa shape index (κ3) is 2.92. The van der Waals surface area contributed by atoms with Gasteiger partial charge in [0.15, 0.2) is 4.90 Å². The number of rotatable bonds is 10. The molecule has 0 amide bonds. The third-order valence-corrected chi connectivity index (χ3v) is 10.4. The van der Waals surface area contributed by atoms with Crippen LogP contribution in [0.5, 0.6) is 0 Å². The molecular formula is C12H26O6P2. The van der Waals surface area contributed by atoms with Crippen LogP contribution in [-0.4, -0.2) is 31.3 Å². The van der Waals surface area contributed by atoms with E-state index >= 15 is 0 Å². The number of hydrogen-bond acceptors (Lipinski definition) is 6. The Balaban J connectivity index is 3.24. The highest BCUT2D eigenvalue weighted by molar-refractivity contribution is 7.75. The van der Waals surface area contributed by atoms with Crippen molar-refractivity contribution in [1.29, 1.82) is 0 Å². The number of hydrogen-bond donors (Lipinski definition) is 0. The fraction of sp³-hybridized carbons (Fsp3) is 1.00. The minimum absolute atomic E-state index is 0.0876. The molecule has 1 aliphatic rings. The Morgan fingerprint density at radius 2 is 1.10 bits per heavy atom. The Morgan fingerprint density at radius 3 is 1.25 bits per heavy atom. The summed E-state index contributed by atoms with van der Waals surface area (Å²) in [4.78, 5) is -1.15. The van der Waals surface area contributed by atoms with Gasteiger partial charge in [0, 0.05) is 0 Å². The van der Waals surface area contributed by atoms with Crippen molar-refractivity contribution >= 4 is 15.2 Å². The van der Waals surface area contributed by atoms with Crippen LogP contribution in [0.15, 0.2) is 0 Å². The first kappa shape index (κ1) is 18.3.